The molecule has 0 saturated heterocycles. The molecule has 2 amide bonds. The van der Waals surface area contributed by atoms with Gasteiger partial charge in [-0.1, -0.05) is 54.6 Å². The fraction of sp³-hybridized carbons (Fsp3) is 0.111. The zero-order valence-electron chi connectivity index (χ0n) is 18.3. The molecule has 0 unspecified atom stereocenters. The average Bonchev–Trinajstić information content (AvgIpc) is 3.27. The van der Waals surface area contributed by atoms with Crippen LogP contribution in [0.1, 0.15) is 21.5 Å². The van der Waals surface area contributed by atoms with Crippen molar-refractivity contribution < 1.29 is 14.3 Å². The van der Waals surface area contributed by atoms with Gasteiger partial charge in [0.1, 0.15) is 11.4 Å². The van der Waals surface area contributed by atoms with Gasteiger partial charge in [-0.25, -0.2) is 0 Å². The van der Waals surface area contributed by atoms with Gasteiger partial charge in [0, 0.05) is 34.8 Å². The monoisotopic (exact) mass is 439 g/mol. The Morgan fingerprint density at radius 3 is 2.48 bits per heavy atom. The maximum Gasteiger partial charge on any atom is 0.267 e. The summed E-state index contributed by atoms with van der Waals surface area (Å²) in [6.45, 7) is 0.422. The van der Waals surface area contributed by atoms with Crippen LogP contribution in [0.25, 0.3) is 17.0 Å². The van der Waals surface area contributed by atoms with E-state index in [0.717, 1.165) is 16.5 Å². The summed E-state index contributed by atoms with van der Waals surface area (Å²) in [6, 6.07) is 24.2. The largest absolute Gasteiger partial charge is 0.496 e. The lowest BCUT2D eigenvalue weighted by Gasteiger charge is -2.12. The number of nitrogens with one attached hydrogen (secondary N) is 3. The smallest absolute Gasteiger partial charge is 0.267 e. The first-order valence-electron chi connectivity index (χ1n) is 10.7. The van der Waals surface area contributed by atoms with Crippen LogP contribution in [0.4, 0.5) is 0 Å². The number of rotatable bonds is 8. The van der Waals surface area contributed by atoms with Crippen LogP contribution in [-0.2, 0) is 11.2 Å². The maximum atomic E-state index is 13.1. The quantitative estimate of drug-likeness (QED) is 0.358. The second-order valence-corrected chi connectivity index (χ2v) is 7.49. The van der Waals surface area contributed by atoms with Crippen molar-refractivity contribution in [2.24, 2.45) is 0 Å². The fourth-order valence-electron chi connectivity index (χ4n) is 3.63. The van der Waals surface area contributed by atoms with E-state index in [1.165, 1.54) is 0 Å². The fourth-order valence-corrected chi connectivity index (χ4v) is 3.63. The van der Waals surface area contributed by atoms with Gasteiger partial charge in [0.2, 0.25) is 0 Å². The number of carbonyl (C=O) groups excluding carboxylic acids is 2. The molecule has 6 nitrogen and oxygen atoms in total. The Labute approximate surface area is 192 Å². The number of para-hydroxylation sites is 2. The number of aromatic amines is 1. The van der Waals surface area contributed by atoms with Crippen molar-refractivity contribution in [3.63, 3.8) is 0 Å². The van der Waals surface area contributed by atoms with Crippen molar-refractivity contribution in [3.05, 3.63) is 107 Å². The second kappa shape index (κ2) is 10.3. The Bertz CT molecular complexity index is 1290. The molecule has 0 saturated carbocycles. The number of fused-ring (bicyclic) bond motifs is 1. The van der Waals surface area contributed by atoms with E-state index < -0.39 is 0 Å². The zero-order chi connectivity index (χ0) is 23.0. The van der Waals surface area contributed by atoms with Gasteiger partial charge in [-0.15, -0.1) is 0 Å². The summed E-state index contributed by atoms with van der Waals surface area (Å²) in [4.78, 5) is 29.1. The van der Waals surface area contributed by atoms with E-state index in [0.29, 0.717) is 29.8 Å². The standard InChI is InChI=1S/C27H25N3O3/c1-33-25-14-8-5-11-20(25)17-24(30-26(31)19-9-3-2-4-10-19)27(32)28-16-15-21-18-29-23-13-7-6-12-22(21)23/h2-14,17-18,29H,15-16H2,1H3,(H,28,32)(H,30,31). The molecule has 0 aliphatic carbocycles. The van der Waals surface area contributed by atoms with E-state index in [1.807, 2.05) is 48.7 Å². The van der Waals surface area contributed by atoms with Gasteiger partial charge >= 0.3 is 0 Å². The normalized spacial score (nSPS) is 11.2. The Morgan fingerprint density at radius 2 is 1.67 bits per heavy atom. The highest BCUT2D eigenvalue weighted by molar-refractivity contribution is 6.05. The lowest BCUT2D eigenvalue weighted by Crippen LogP contribution is -2.35. The number of aromatic nitrogens is 1. The molecule has 4 aromatic rings. The first-order valence-corrected chi connectivity index (χ1v) is 10.7. The van der Waals surface area contributed by atoms with Gasteiger partial charge in [0.05, 0.1) is 7.11 Å². The summed E-state index contributed by atoms with van der Waals surface area (Å²) in [5.74, 6) is -0.121. The number of carbonyl (C=O) groups is 2. The SMILES string of the molecule is COc1ccccc1C=C(NC(=O)c1ccccc1)C(=O)NCCc1c[nH]c2ccccc12. The number of amides is 2. The molecule has 1 heterocycles. The first kappa shape index (κ1) is 21.9. The highest BCUT2D eigenvalue weighted by Crippen LogP contribution is 2.20. The molecule has 0 radical (unpaired) electrons. The Balaban J connectivity index is 1.52. The van der Waals surface area contributed by atoms with Crippen molar-refractivity contribution in [1.82, 2.24) is 15.6 Å². The van der Waals surface area contributed by atoms with Gasteiger partial charge in [0.15, 0.2) is 0 Å². The minimum absolute atomic E-state index is 0.146. The lowest BCUT2D eigenvalue weighted by atomic mass is 10.1. The summed E-state index contributed by atoms with van der Waals surface area (Å²) in [6.07, 6.45) is 4.24. The minimum Gasteiger partial charge on any atom is -0.496 e. The molecule has 33 heavy (non-hydrogen) atoms. The molecule has 0 aliphatic rings. The molecule has 3 N–H and O–H groups in total. The van der Waals surface area contributed by atoms with Crippen molar-refractivity contribution in [1.29, 1.82) is 0 Å². The zero-order valence-corrected chi connectivity index (χ0v) is 18.3. The van der Waals surface area contributed by atoms with Gasteiger partial charge in [-0.3, -0.25) is 9.59 Å². The number of ether oxygens (including phenoxy) is 1. The molecule has 3 aromatic carbocycles. The molecule has 0 aliphatic heterocycles. The maximum absolute atomic E-state index is 13.1. The average molecular weight is 440 g/mol. The van der Waals surface area contributed by atoms with Gasteiger partial charge in [-0.2, -0.15) is 0 Å². The molecule has 0 fully saturated rings. The molecular formula is C27H25N3O3. The molecule has 6 heteroatoms. The van der Waals surface area contributed by atoms with Crippen LogP contribution >= 0.6 is 0 Å². The van der Waals surface area contributed by atoms with Gasteiger partial charge in [0.25, 0.3) is 11.8 Å². The Hall–Kier alpha value is -4.32. The van der Waals surface area contributed by atoms with Crippen molar-refractivity contribution >= 4 is 28.8 Å². The van der Waals surface area contributed by atoms with E-state index in [9.17, 15) is 9.59 Å². The van der Waals surface area contributed by atoms with Gasteiger partial charge < -0.3 is 20.4 Å². The third-order valence-corrected chi connectivity index (χ3v) is 5.32. The summed E-state index contributed by atoms with van der Waals surface area (Å²) < 4.78 is 5.39. The number of benzene rings is 3. The van der Waals surface area contributed by atoms with E-state index in [2.05, 4.69) is 21.7 Å². The molecule has 1 aromatic heterocycles. The van der Waals surface area contributed by atoms with Crippen LogP contribution in [0.2, 0.25) is 0 Å². The minimum atomic E-state index is -0.370. The van der Waals surface area contributed by atoms with Crippen LogP contribution in [0, 0.1) is 0 Å². The molecule has 4 rings (SSSR count). The molecule has 0 atom stereocenters. The summed E-state index contributed by atoms with van der Waals surface area (Å²) in [5, 5.41) is 6.81. The predicted molar refractivity (Wildman–Crippen MR) is 130 cm³/mol. The van der Waals surface area contributed by atoms with Crippen molar-refractivity contribution in [3.8, 4) is 5.75 Å². The first-order chi connectivity index (χ1) is 16.2. The molecule has 0 bridgehead atoms. The Kier molecular flexibility index (Phi) is 6.85. The summed E-state index contributed by atoms with van der Waals surface area (Å²) in [5.41, 5.74) is 3.48. The predicted octanol–water partition coefficient (Wildman–Crippen LogP) is 4.31. The number of hydrogen-bond donors (Lipinski definition) is 3. The van der Waals surface area contributed by atoms with Crippen LogP contribution in [0.15, 0.2) is 90.8 Å². The van der Waals surface area contributed by atoms with Gasteiger partial charge in [-0.05, 0) is 42.3 Å². The highest BCUT2D eigenvalue weighted by atomic mass is 16.5. The van der Waals surface area contributed by atoms with Crippen molar-refractivity contribution in [2.75, 3.05) is 13.7 Å². The van der Waals surface area contributed by atoms with E-state index in [-0.39, 0.29) is 17.5 Å². The van der Waals surface area contributed by atoms with E-state index in [4.69, 9.17) is 4.74 Å². The lowest BCUT2D eigenvalue weighted by molar-refractivity contribution is -0.117. The molecular weight excluding hydrogens is 414 g/mol. The van der Waals surface area contributed by atoms with Crippen LogP contribution in [0.5, 0.6) is 5.75 Å². The number of methoxy groups -OCH3 is 1. The topological polar surface area (TPSA) is 83.2 Å². The third kappa shape index (κ3) is 5.30. The van der Waals surface area contributed by atoms with E-state index >= 15 is 0 Å². The van der Waals surface area contributed by atoms with Crippen LogP contribution < -0.4 is 15.4 Å². The number of hydrogen-bond acceptors (Lipinski definition) is 3. The van der Waals surface area contributed by atoms with E-state index in [1.54, 1.807) is 43.5 Å². The van der Waals surface area contributed by atoms with Crippen molar-refractivity contribution in [2.45, 2.75) is 6.42 Å². The highest BCUT2D eigenvalue weighted by Gasteiger charge is 2.15. The van der Waals surface area contributed by atoms with Crippen LogP contribution in [-0.4, -0.2) is 30.5 Å². The third-order valence-electron chi connectivity index (χ3n) is 5.32. The van der Waals surface area contributed by atoms with Crippen LogP contribution in [0.3, 0.4) is 0 Å². The Morgan fingerprint density at radius 1 is 0.939 bits per heavy atom. The second-order valence-electron chi connectivity index (χ2n) is 7.49. The summed E-state index contributed by atoms with van der Waals surface area (Å²) >= 11 is 0. The number of H-pyrrole nitrogens is 1. The molecule has 0 spiro atoms. The summed E-state index contributed by atoms with van der Waals surface area (Å²) in [7, 11) is 1.57. The molecule has 166 valence electrons.